The number of anilines is 5. The monoisotopic (exact) mass is 742 g/mol. The third-order valence-electron chi connectivity index (χ3n) is 11.5. The summed E-state index contributed by atoms with van der Waals surface area (Å²) in [6.07, 6.45) is 2.19. The third-order valence-corrected chi connectivity index (χ3v) is 11.5. The fraction of sp³-hybridized carbons (Fsp3) is 0.0357. The lowest BCUT2D eigenvalue weighted by atomic mass is 9.84. The molecule has 0 aliphatic rings. The molecule has 0 aliphatic carbocycles. The molecule has 0 radical (unpaired) electrons. The van der Waals surface area contributed by atoms with E-state index in [4.69, 9.17) is 0 Å². The largest absolute Gasteiger partial charge is 0.315 e. The van der Waals surface area contributed by atoms with Crippen molar-refractivity contribution in [1.82, 2.24) is 0 Å². The molecule has 276 valence electrons. The van der Waals surface area contributed by atoms with Gasteiger partial charge in [0, 0.05) is 34.1 Å². The van der Waals surface area contributed by atoms with Crippen molar-refractivity contribution in [3.8, 4) is 22.3 Å². The van der Waals surface area contributed by atoms with Crippen LogP contribution in [0.15, 0.2) is 224 Å². The van der Waals surface area contributed by atoms with Crippen LogP contribution in [0.3, 0.4) is 0 Å². The van der Waals surface area contributed by atoms with Crippen LogP contribution in [0.4, 0.5) is 28.4 Å². The number of benzene rings is 10. The number of fused-ring (bicyclic) bond motifs is 4. The van der Waals surface area contributed by atoms with Gasteiger partial charge in [0.2, 0.25) is 0 Å². The summed E-state index contributed by atoms with van der Waals surface area (Å²) in [5.74, 6) is 0. The molecule has 0 saturated heterocycles. The van der Waals surface area contributed by atoms with E-state index in [2.05, 4.69) is 242 Å². The Kier molecular flexibility index (Phi) is 9.01. The van der Waals surface area contributed by atoms with Gasteiger partial charge < -0.3 is 9.80 Å². The molecule has 0 aliphatic heterocycles. The molecule has 58 heavy (non-hydrogen) atoms. The first-order chi connectivity index (χ1) is 28.6. The fourth-order valence-electron chi connectivity index (χ4n) is 8.66. The van der Waals surface area contributed by atoms with Gasteiger partial charge in [-0.15, -0.1) is 0 Å². The van der Waals surface area contributed by atoms with E-state index in [0.717, 1.165) is 28.4 Å². The number of hydrogen-bond acceptors (Lipinski definition) is 2. The summed E-state index contributed by atoms with van der Waals surface area (Å²) in [6, 6.07) is 77.4. The Morgan fingerprint density at radius 1 is 0.345 bits per heavy atom. The Balaban J connectivity index is 1.34. The summed E-state index contributed by atoms with van der Waals surface area (Å²) in [6.45, 7) is 4.30. The predicted octanol–water partition coefficient (Wildman–Crippen LogP) is 16.2. The van der Waals surface area contributed by atoms with Gasteiger partial charge in [-0.3, -0.25) is 0 Å². The maximum absolute atomic E-state index is 2.41. The first kappa shape index (κ1) is 35.0. The Morgan fingerprint density at radius 3 is 1.24 bits per heavy atom. The molecule has 2 nitrogen and oxygen atoms in total. The van der Waals surface area contributed by atoms with Gasteiger partial charge in [-0.2, -0.15) is 0 Å². The SMILES string of the molecule is CC=C(C)N(c1ccccc1)c1ccc2c(-c3ccc4ccccc4c3)c3cc(N(c4ccccc4)c4ccccc4)ccc3c(-c3ccc4ccccc4c3)c2c1. The van der Waals surface area contributed by atoms with Crippen LogP contribution in [0.1, 0.15) is 13.8 Å². The zero-order valence-corrected chi connectivity index (χ0v) is 32.7. The van der Waals surface area contributed by atoms with Crippen molar-refractivity contribution < 1.29 is 0 Å². The maximum Gasteiger partial charge on any atom is 0.0468 e. The molecule has 0 unspecified atom stereocenters. The molecule has 0 N–H and O–H groups in total. The molecule has 2 heteroatoms. The second kappa shape index (κ2) is 14.9. The average molecular weight is 743 g/mol. The van der Waals surface area contributed by atoms with E-state index in [1.54, 1.807) is 0 Å². The molecule has 0 spiro atoms. The zero-order chi connectivity index (χ0) is 39.0. The number of rotatable bonds is 8. The first-order valence-corrected chi connectivity index (χ1v) is 20.0. The summed E-state index contributed by atoms with van der Waals surface area (Å²) < 4.78 is 0. The topological polar surface area (TPSA) is 6.48 Å². The normalized spacial score (nSPS) is 11.7. The van der Waals surface area contributed by atoms with Crippen LogP contribution in [0.5, 0.6) is 0 Å². The van der Waals surface area contributed by atoms with Gasteiger partial charge in [-0.05, 0) is 152 Å². The van der Waals surface area contributed by atoms with Gasteiger partial charge in [0.15, 0.2) is 0 Å². The molecule has 0 aromatic heterocycles. The Labute approximate surface area is 340 Å². The smallest absolute Gasteiger partial charge is 0.0468 e. The molecule has 10 rings (SSSR count). The van der Waals surface area contributed by atoms with Gasteiger partial charge in [0.1, 0.15) is 0 Å². The quantitative estimate of drug-likeness (QED) is 0.143. The van der Waals surface area contributed by atoms with Crippen LogP contribution in [-0.2, 0) is 0 Å². The minimum atomic E-state index is 1.10. The standard InChI is InChI=1S/C56H42N2/c1-3-39(2)57(46-21-7-4-8-22-46)49-31-33-51-53(37-49)55(44-29-27-40-17-13-15-19-42(40)35-44)52-34-32-50(58(47-23-9-5-10-24-47)48-25-11-6-12-26-48)38-54(52)56(51)45-30-28-41-18-14-16-20-43(41)36-45/h3-38H,1-2H3. The van der Waals surface area contributed by atoms with Crippen molar-refractivity contribution >= 4 is 71.5 Å². The van der Waals surface area contributed by atoms with E-state index >= 15 is 0 Å². The highest BCUT2D eigenvalue weighted by atomic mass is 15.1. The molecular formula is C56H42N2. The third kappa shape index (κ3) is 6.26. The summed E-state index contributed by atoms with van der Waals surface area (Å²) in [5, 5.41) is 9.75. The van der Waals surface area contributed by atoms with Crippen LogP contribution in [-0.4, -0.2) is 0 Å². The molecule has 0 heterocycles. The lowest BCUT2D eigenvalue weighted by molar-refractivity contribution is 1.15. The molecule has 10 aromatic rings. The van der Waals surface area contributed by atoms with Crippen molar-refractivity contribution in [2.75, 3.05) is 9.80 Å². The number of para-hydroxylation sites is 3. The second-order valence-electron chi connectivity index (χ2n) is 14.9. The lowest BCUT2D eigenvalue weighted by Crippen LogP contribution is -2.14. The highest BCUT2D eigenvalue weighted by Crippen LogP contribution is 2.48. The van der Waals surface area contributed by atoms with E-state index in [-0.39, 0.29) is 0 Å². The number of nitrogens with zero attached hydrogens (tertiary/aromatic N) is 2. The van der Waals surface area contributed by atoms with E-state index < -0.39 is 0 Å². The molecule has 0 saturated carbocycles. The van der Waals surface area contributed by atoms with Gasteiger partial charge >= 0.3 is 0 Å². The molecular weight excluding hydrogens is 701 g/mol. The Hall–Kier alpha value is -7.42. The van der Waals surface area contributed by atoms with Gasteiger partial charge in [-0.25, -0.2) is 0 Å². The average Bonchev–Trinajstić information content (AvgIpc) is 3.29. The van der Waals surface area contributed by atoms with Crippen molar-refractivity contribution in [2.24, 2.45) is 0 Å². The van der Waals surface area contributed by atoms with Crippen LogP contribution in [0.25, 0.3) is 65.3 Å². The van der Waals surface area contributed by atoms with Crippen molar-refractivity contribution in [1.29, 1.82) is 0 Å². The second-order valence-corrected chi connectivity index (χ2v) is 14.9. The number of hydrogen-bond donors (Lipinski definition) is 0. The summed E-state index contributed by atoms with van der Waals surface area (Å²) in [7, 11) is 0. The highest BCUT2D eigenvalue weighted by Gasteiger charge is 2.22. The van der Waals surface area contributed by atoms with E-state index in [1.165, 1.54) is 71.0 Å². The molecule has 10 aromatic carbocycles. The summed E-state index contributed by atoms with van der Waals surface area (Å²) >= 11 is 0. The van der Waals surface area contributed by atoms with Crippen LogP contribution >= 0.6 is 0 Å². The predicted molar refractivity (Wildman–Crippen MR) is 250 cm³/mol. The van der Waals surface area contributed by atoms with Crippen LogP contribution in [0.2, 0.25) is 0 Å². The maximum atomic E-state index is 2.41. The van der Waals surface area contributed by atoms with E-state index in [1.807, 2.05) is 0 Å². The first-order valence-electron chi connectivity index (χ1n) is 20.0. The Morgan fingerprint density at radius 2 is 0.759 bits per heavy atom. The highest BCUT2D eigenvalue weighted by molar-refractivity contribution is 6.23. The van der Waals surface area contributed by atoms with E-state index in [9.17, 15) is 0 Å². The molecule has 0 fully saturated rings. The van der Waals surface area contributed by atoms with Crippen LogP contribution < -0.4 is 9.80 Å². The van der Waals surface area contributed by atoms with Crippen molar-refractivity contribution in [3.05, 3.63) is 224 Å². The summed E-state index contributed by atoms with van der Waals surface area (Å²) in [5.41, 5.74) is 11.6. The van der Waals surface area contributed by atoms with Gasteiger partial charge in [-0.1, -0.05) is 146 Å². The number of allylic oxidation sites excluding steroid dienone is 2. The van der Waals surface area contributed by atoms with Gasteiger partial charge in [0.25, 0.3) is 0 Å². The minimum Gasteiger partial charge on any atom is -0.315 e. The molecule has 0 atom stereocenters. The van der Waals surface area contributed by atoms with Crippen molar-refractivity contribution in [2.45, 2.75) is 13.8 Å². The lowest BCUT2D eigenvalue weighted by Gasteiger charge is -2.28. The zero-order valence-electron chi connectivity index (χ0n) is 32.7. The molecule has 0 amide bonds. The summed E-state index contributed by atoms with van der Waals surface area (Å²) in [4.78, 5) is 4.73. The molecule has 0 bridgehead atoms. The van der Waals surface area contributed by atoms with Crippen molar-refractivity contribution in [3.63, 3.8) is 0 Å². The minimum absolute atomic E-state index is 1.10. The Bertz CT molecular complexity index is 3090. The fourth-order valence-corrected chi connectivity index (χ4v) is 8.66. The van der Waals surface area contributed by atoms with E-state index in [0.29, 0.717) is 0 Å². The van der Waals surface area contributed by atoms with Gasteiger partial charge in [0.05, 0.1) is 0 Å². The van der Waals surface area contributed by atoms with Crippen LogP contribution in [0, 0.1) is 0 Å².